The molecule has 1 aliphatic heterocycles. The molecule has 0 amide bonds. The summed E-state index contributed by atoms with van der Waals surface area (Å²) < 4.78 is 2.01. The quantitative estimate of drug-likeness (QED) is 0.516. The number of aromatic nitrogens is 2. The monoisotopic (exact) mass is 130 g/mol. The molecule has 0 radical (unpaired) electrons. The van der Waals surface area contributed by atoms with E-state index in [1.165, 1.54) is 17.0 Å². The fraction of sp³-hybridized carbons (Fsp3) is 0.125. The van der Waals surface area contributed by atoms with Crippen LogP contribution < -0.4 is 0 Å². The van der Waals surface area contributed by atoms with Crippen molar-refractivity contribution in [2.75, 3.05) is 0 Å². The van der Waals surface area contributed by atoms with Crippen molar-refractivity contribution in [3.05, 3.63) is 35.7 Å². The maximum Gasteiger partial charge on any atom is 0.0725 e. The second-order valence-corrected chi connectivity index (χ2v) is 2.63. The first kappa shape index (κ1) is 4.50. The highest BCUT2D eigenvalue weighted by Gasteiger charge is 2.24. The van der Waals surface area contributed by atoms with Crippen LogP contribution in [-0.4, -0.2) is 9.78 Å². The predicted octanol–water partition coefficient (Wildman–Crippen LogP) is 1.22. The fourth-order valence-corrected chi connectivity index (χ4v) is 1.37. The topological polar surface area (TPSA) is 17.8 Å². The van der Waals surface area contributed by atoms with Crippen LogP contribution in [0.3, 0.4) is 0 Å². The van der Waals surface area contributed by atoms with Crippen molar-refractivity contribution in [2.45, 2.75) is 6.42 Å². The van der Waals surface area contributed by atoms with E-state index in [1.54, 1.807) is 0 Å². The van der Waals surface area contributed by atoms with Crippen molar-refractivity contribution in [3.8, 4) is 0 Å². The van der Waals surface area contributed by atoms with Gasteiger partial charge < -0.3 is 0 Å². The second kappa shape index (κ2) is 1.24. The minimum Gasteiger partial charge on any atom is -0.237 e. The standard InChI is InChI=1S/C8H6N2/c1-2-7-3-4-9-10(7)8-5-6(1)8/h1,3-5H,2H2. The summed E-state index contributed by atoms with van der Waals surface area (Å²) in [6.07, 6.45) is 7.29. The van der Waals surface area contributed by atoms with Crippen LogP contribution in [0.25, 0.3) is 5.70 Å². The zero-order valence-electron chi connectivity index (χ0n) is 5.41. The van der Waals surface area contributed by atoms with Crippen molar-refractivity contribution < 1.29 is 0 Å². The van der Waals surface area contributed by atoms with Crippen LogP contribution in [0, 0.1) is 0 Å². The van der Waals surface area contributed by atoms with Gasteiger partial charge in [0.2, 0.25) is 0 Å². The molecular formula is C8H6N2. The number of fused-ring (bicyclic) bond motifs is 3. The molecule has 2 heteroatoms. The van der Waals surface area contributed by atoms with Crippen molar-refractivity contribution in [3.63, 3.8) is 0 Å². The SMILES string of the molecule is C1=C2C=C2n2nccc2C1. The zero-order chi connectivity index (χ0) is 6.55. The molecule has 0 fully saturated rings. The van der Waals surface area contributed by atoms with Crippen LogP contribution >= 0.6 is 0 Å². The lowest BCUT2D eigenvalue weighted by molar-refractivity contribution is 0.853. The summed E-state index contributed by atoms with van der Waals surface area (Å²) >= 11 is 0. The first-order valence-corrected chi connectivity index (χ1v) is 3.41. The number of allylic oxidation sites excluding steroid dienone is 4. The van der Waals surface area contributed by atoms with Gasteiger partial charge in [0.25, 0.3) is 0 Å². The Bertz CT molecular complexity index is 355. The summed E-state index contributed by atoms with van der Waals surface area (Å²) in [7, 11) is 0. The Morgan fingerprint density at radius 2 is 2.50 bits per heavy atom. The van der Waals surface area contributed by atoms with Gasteiger partial charge in [-0.1, -0.05) is 6.08 Å². The molecule has 2 heterocycles. The molecule has 10 heavy (non-hydrogen) atoms. The maximum atomic E-state index is 4.19. The van der Waals surface area contributed by atoms with E-state index in [2.05, 4.69) is 23.3 Å². The number of rotatable bonds is 0. The van der Waals surface area contributed by atoms with Crippen LogP contribution in [-0.2, 0) is 6.42 Å². The van der Waals surface area contributed by atoms with Crippen molar-refractivity contribution in [1.29, 1.82) is 0 Å². The van der Waals surface area contributed by atoms with Crippen molar-refractivity contribution in [2.24, 2.45) is 0 Å². The van der Waals surface area contributed by atoms with Crippen LogP contribution in [0.1, 0.15) is 5.69 Å². The van der Waals surface area contributed by atoms with Gasteiger partial charge in [-0.15, -0.1) is 0 Å². The third-order valence-electron chi connectivity index (χ3n) is 1.99. The molecule has 0 unspecified atom stereocenters. The summed E-state index contributed by atoms with van der Waals surface area (Å²) in [5.41, 5.74) is 3.95. The molecule has 0 saturated heterocycles. The summed E-state index contributed by atoms with van der Waals surface area (Å²) in [6.45, 7) is 0. The molecule has 0 spiro atoms. The highest BCUT2D eigenvalue weighted by Crippen LogP contribution is 2.36. The van der Waals surface area contributed by atoms with E-state index in [1.807, 2.05) is 10.9 Å². The number of hydrogen-bond donors (Lipinski definition) is 0. The first-order valence-electron chi connectivity index (χ1n) is 3.41. The summed E-state index contributed by atoms with van der Waals surface area (Å²) in [4.78, 5) is 0. The highest BCUT2D eigenvalue weighted by atomic mass is 15.3. The van der Waals surface area contributed by atoms with Crippen LogP contribution in [0.4, 0.5) is 0 Å². The molecule has 1 aromatic heterocycles. The Hall–Kier alpha value is -1.31. The van der Waals surface area contributed by atoms with E-state index < -0.39 is 0 Å². The normalized spacial score (nSPS) is 18.8. The van der Waals surface area contributed by atoms with Crippen LogP contribution in [0.5, 0.6) is 0 Å². The predicted molar refractivity (Wildman–Crippen MR) is 38.3 cm³/mol. The summed E-state index contributed by atoms with van der Waals surface area (Å²) in [6, 6.07) is 2.06. The van der Waals surface area contributed by atoms with E-state index in [0.717, 1.165) is 6.42 Å². The molecule has 0 saturated carbocycles. The van der Waals surface area contributed by atoms with Gasteiger partial charge in [-0.25, -0.2) is 4.68 Å². The lowest BCUT2D eigenvalue weighted by Crippen LogP contribution is -2.01. The van der Waals surface area contributed by atoms with Gasteiger partial charge in [0.05, 0.1) is 5.70 Å². The van der Waals surface area contributed by atoms with Gasteiger partial charge in [0.15, 0.2) is 0 Å². The Morgan fingerprint density at radius 3 is 3.50 bits per heavy atom. The van der Waals surface area contributed by atoms with E-state index in [9.17, 15) is 0 Å². The number of hydrogen-bond acceptors (Lipinski definition) is 1. The molecule has 0 N–H and O–H groups in total. The maximum absolute atomic E-state index is 4.19. The molecule has 2 nitrogen and oxygen atoms in total. The molecule has 1 aliphatic carbocycles. The Labute approximate surface area is 58.5 Å². The van der Waals surface area contributed by atoms with E-state index in [4.69, 9.17) is 0 Å². The molecule has 0 bridgehead atoms. The lowest BCUT2D eigenvalue weighted by atomic mass is 10.2. The average molecular weight is 130 g/mol. The third kappa shape index (κ3) is 0.386. The smallest absolute Gasteiger partial charge is 0.0725 e. The van der Waals surface area contributed by atoms with Gasteiger partial charge in [0.1, 0.15) is 0 Å². The van der Waals surface area contributed by atoms with Gasteiger partial charge >= 0.3 is 0 Å². The van der Waals surface area contributed by atoms with Crippen molar-refractivity contribution in [1.82, 2.24) is 9.78 Å². The minimum absolute atomic E-state index is 1.04. The van der Waals surface area contributed by atoms with Crippen molar-refractivity contribution >= 4 is 5.70 Å². The first-order chi connectivity index (χ1) is 4.95. The van der Waals surface area contributed by atoms with E-state index in [-0.39, 0.29) is 0 Å². The Kier molecular flexibility index (Phi) is 0.556. The molecule has 1 aromatic rings. The van der Waals surface area contributed by atoms with Gasteiger partial charge in [-0.2, -0.15) is 5.10 Å². The molecular weight excluding hydrogens is 124 g/mol. The lowest BCUT2D eigenvalue weighted by Gasteiger charge is -2.04. The van der Waals surface area contributed by atoms with Crippen LogP contribution in [0.15, 0.2) is 30.0 Å². The largest absolute Gasteiger partial charge is 0.237 e. The van der Waals surface area contributed by atoms with E-state index >= 15 is 0 Å². The average Bonchev–Trinajstić information content (AvgIpc) is 2.60. The third-order valence-corrected chi connectivity index (χ3v) is 1.99. The Morgan fingerprint density at radius 1 is 1.50 bits per heavy atom. The summed E-state index contributed by atoms with van der Waals surface area (Å²) in [5.74, 6) is 0. The highest BCUT2D eigenvalue weighted by molar-refractivity contribution is 5.87. The second-order valence-electron chi connectivity index (χ2n) is 2.63. The summed E-state index contributed by atoms with van der Waals surface area (Å²) in [5, 5.41) is 4.19. The molecule has 48 valence electrons. The van der Waals surface area contributed by atoms with Gasteiger partial charge in [0, 0.05) is 18.3 Å². The van der Waals surface area contributed by atoms with Crippen LogP contribution in [0.2, 0.25) is 0 Å². The Balaban J connectivity index is 2.31. The number of nitrogens with zero attached hydrogens (tertiary/aromatic N) is 2. The molecule has 3 rings (SSSR count). The molecule has 2 aliphatic rings. The van der Waals surface area contributed by atoms with E-state index in [0.29, 0.717) is 0 Å². The fourth-order valence-electron chi connectivity index (χ4n) is 1.37. The van der Waals surface area contributed by atoms with Gasteiger partial charge in [-0.05, 0) is 17.7 Å². The zero-order valence-corrected chi connectivity index (χ0v) is 5.41. The van der Waals surface area contributed by atoms with Gasteiger partial charge in [-0.3, -0.25) is 0 Å². The molecule has 0 atom stereocenters. The molecule has 0 aromatic carbocycles. The minimum atomic E-state index is 1.04.